The standard InChI is InChI=1S/C10H18N2O2/c1-3-6-12-8(2)4-5-11-9(7-13)10(12)14/h3,8-9,11,13H,1,4-7H2,2H3. The summed E-state index contributed by atoms with van der Waals surface area (Å²) in [5.41, 5.74) is 0. The summed E-state index contributed by atoms with van der Waals surface area (Å²) < 4.78 is 0. The number of amides is 1. The zero-order chi connectivity index (χ0) is 10.6. The fourth-order valence-electron chi connectivity index (χ4n) is 1.68. The van der Waals surface area contributed by atoms with Gasteiger partial charge in [0.05, 0.1) is 6.61 Å². The lowest BCUT2D eigenvalue weighted by Crippen LogP contribution is -2.47. The quantitative estimate of drug-likeness (QED) is 0.615. The van der Waals surface area contributed by atoms with Crippen LogP contribution in [0.5, 0.6) is 0 Å². The fraction of sp³-hybridized carbons (Fsp3) is 0.700. The third kappa shape index (κ3) is 2.33. The molecule has 0 aromatic heterocycles. The molecule has 4 heteroatoms. The number of hydrogen-bond donors (Lipinski definition) is 2. The van der Waals surface area contributed by atoms with E-state index >= 15 is 0 Å². The van der Waals surface area contributed by atoms with Crippen LogP contribution in [0, 0.1) is 0 Å². The zero-order valence-corrected chi connectivity index (χ0v) is 8.57. The van der Waals surface area contributed by atoms with E-state index in [2.05, 4.69) is 11.9 Å². The number of nitrogens with zero attached hydrogens (tertiary/aromatic N) is 1. The Labute approximate surface area is 84.6 Å². The van der Waals surface area contributed by atoms with Gasteiger partial charge in [0.25, 0.3) is 0 Å². The molecule has 0 saturated carbocycles. The van der Waals surface area contributed by atoms with Gasteiger partial charge in [-0.1, -0.05) is 6.08 Å². The molecule has 0 aliphatic carbocycles. The van der Waals surface area contributed by atoms with Crippen LogP contribution in [0.3, 0.4) is 0 Å². The van der Waals surface area contributed by atoms with E-state index in [0.717, 1.165) is 13.0 Å². The van der Waals surface area contributed by atoms with Gasteiger partial charge in [0.2, 0.25) is 5.91 Å². The Bertz CT molecular complexity index is 218. The molecule has 0 radical (unpaired) electrons. The first-order valence-corrected chi connectivity index (χ1v) is 4.96. The average Bonchev–Trinajstić information content (AvgIpc) is 2.30. The summed E-state index contributed by atoms with van der Waals surface area (Å²) in [5, 5.41) is 12.0. The molecule has 0 aromatic carbocycles. The van der Waals surface area contributed by atoms with Crippen molar-refractivity contribution in [2.24, 2.45) is 0 Å². The molecule has 1 aliphatic heterocycles. The number of rotatable bonds is 3. The van der Waals surface area contributed by atoms with Gasteiger partial charge in [0.15, 0.2) is 0 Å². The second-order valence-corrected chi connectivity index (χ2v) is 3.61. The van der Waals surface area contributed by atoms with Crippen LogP contribution in [0.2, 0.25) is 0 Å². The molecule has 1 fully saturated rings. The van der Waals surface area contributed by atoms with Gasteiger partial charge in [-0.05, 0) is 19.9 Å². The maximum atomic E-state index is 11.8. The molecule has 14 heavy (non-hydrogen) atoms. The highest BCUT2D eigenvalue weighted by molar-refractivity contribution is 5.82. The summed E-state index contributed by atoms with van der Waals surface area (Å²) in [6.45, 7) is 6.83. The van der Waals surface area contributed by atoms with Gasteiger partial charge in [0, 0.05) is 12.6 Å². The number of hydrogen-bond acceptors (Lipinski definition) is 3. The van der Waals surface area contributed by atoms with Gasteiger partial charge >= 0.3 is 0 Å². The Morgan fingerprint density at radius 1 is 1.79 bits per heavy atom. The molecule has 0 spiro atoms. The van der Waals surface area contributed by atoms with Crippen molar-refractivity contribution in [3.8, 4) is 0 Å². The third-order valence-corrected chi connectivity index (χ3v) is 2.57. The zero-order valence-electron chi connectivity index (χ0n) is 8.57. The van der Waals surface area contributed by atoms with Crippen molar-refractivity contribution in [1.82, 2.24) is 10.2 Å². The lowest BCUT2D eigenvalue weighted by atomic mass is 10.2. The Morgan fingerprint density at radius 3 is 3.07 bits per heavy atom. The minimum Gasteiger partial charge on any atom is -0.394 e. The van der Waals surface area contributed by atoms with E-state index in [4.69, 9.17) is 5.11 Å². The highest BCUT2D eigenvalue weighted by Gasteiger charge is 2.28. The van der Waals surface area contributed by atoms with Crippen molar-refractivity contribution < 1.29 is 9.90 Å². The van der Waals surface area contributed by atoms with Crippen molar-refractivity contribution in [1.29, 1.82) is 0 Å². The van der Waals surface area contributed by atoms with E-state index in [-0.39, 0.29) is 18.6 Å². The molecule has 1 aliphatic rings. The fourth-order valence-corrected chi connectivity index (χ4v) is 1.68. The minimum atomic E-state index is -0.445. The van der Waals surface area contributed by atoms with Gasteiger partial charge in [-0.25, -0.2) is 0 Å². The lowest BCUT2D eigenvalue weighted by Gasteiger charge is -2.27. The van der Waals surface area contributed by atoms with Crippen molar-refractivity contribution in [3.05, 3.63) is 12.7 Å². The van der Waals surface area contributed by atoms with Gasteiger partial charge in [-0.2, -0.15) is 0 Å². The molecule has 0 aromatic rings. The molecular formula is C10H18N2O2. The SMILES string of the molecule is C=CCN1C(=O)C(CO)NCCC1C. The molecule has 1 saturated heterocycles. The number of aliphatic hydroxyl groups is 1. The molecular weight excluding hydrogens is 180 g/mol. The predicted molar refractivity (Wildman–Crippen MR) is 54.9 cm³/mol. The molecule has 1 heterocycles. The van der Waals surface area contributed by atoms with Gasteiger partial charge in [0.1, 0.15) is 6.04 Å². The van der Waals surface area contributed by atoms with Crippen LogP contribution in [0.25, 0.3) is 0 Å². The molecule has 1 rings (SSSR count). The molecule has 1 amide bonds. The molecule has 2 unspecified atom stereocenters. The molecule has 4 nitrogen and oxygen atoms in total. The van der Waals surface area contributed by atoms with Crippen LogP contribution in [0.4, 0.5) is 0 Å². The molecule has 2 N–H and O–H groups in total. The van der Waals surface area contributed by atoms with E-state index in [1.54, 1.807) is 11.0 Å². The Kier molecular flexibility index (Phi) is 4.10. The number of nitrogens with one attached hydrogen (secondary N) is 1. The summed E-state index contributed by atoms with van der Waals surface area (Å²) >= 11 is 0. The Hall–Kier alpha value is -0.870. The predicted octanol–water partition coefficient (Wildman–Crippen LogP) is -0.256. The largest absolute Gasteiger partial charge is 0.394 e. The lowest BCUT2D eigenvalue weighted by molar-refractivity contribution is -0.134. The second kappa shape index (κ2) is 5.12. The van der Waals surface area contributed by atoms with Crippen LogP contribution in [0.15, 0.2) is 12.7 Å². The van der Waals surface area contributed by atoms with Crippen molar-refractivity contribution >= 4 is 5.91 Å². The summed E-state index contributed by atoms with van der Waals surface area (Å²) in [7, 11) is 0. The topological polar surface area (TPSA) is 52.6 Å². The van der Waals surface area contributed by atoms with Crippen LogP contribution in [-0.4, -0.2) is 47.7 Å². The third-order valence-electron chi connectivity index (χ3n) is 2.57. The van der Waals surface area contributed by atoms with Gasteiger partial charge in [-0.3, -0.25) is 4.79 Å². The first-order chi connectivity index (χ1) is 6.70. The van der Waals surface area contributed by atoms with Gasteiger partial charge < -0.3 is 15.3 Å². The first-order valence-electron chi connectivity index (χ1n) is 4.96. The first kappa shape index (κ1) is 11.2. The highest BCUT2D eigenvalue weighted by Crippen LogP contribution is 2.09. The van der Waals surface area contributed by atoms with Crippen LogP contribution < -0.4 is 5.32 Å². The van der Waals surface area contributed by atoms with Crippen molar-refractivity contribution in [2.45, 2.75) is 25.4 Å². The van der Waals surface area contributed by atoms with E-state index in [1.807, 2.05) is 6.92 Å². The summed E-state index contributed by atoms with van der Waals surface area (Å²) in [6, 6.07) is -0.232. The molecule has 0 bridgehead atoms. The van der Waals surface area contributed by atoms with Crippen molar-refractivity contribution in [3.63, 3.8) is 0 Å². The molecule has 2 atom stereocenters. The van der Waals surface area contributed by atoms with E-state index in [0.29, 0.717) is 6.54 Å². The summed E-state index contributed by atoms with van der Waals surface area (Å²) in [6.07, 6.45) is 2.63. The monoisotopic (exact) mass is 198 g/mol. The summed E-state index contributed by atoms with van der Waals surface area (Å²) in [5.74, 6) is -0.0302. The smallest absolute Gasteiger partial charge is 0.242 e. The maximum Gasteiger partial charge on any atom is 0.242 e. The van der Waals surface area contributed by atoms with Gasteiger partial charge in [-0.15, -0.1) is 6.58 Å². The van der Waals surface area contributed by atoms with Crippen molar-refractivity contribution in [2.75, 3.05) is 19.7 Å². The second-order valence-electron chi connectivity index (χ2n) is 3.61. The Balaban J connectivity index is 2.74. The normalized spacial score (nSPS) is 28.7. The van der Waals surface area contributed by atoms with E-state index in [9.17, 15) is 4.79 Å². The minimum absolute atomic E-state index is 0.0302. The van der Waals surface area contributed by atoms with Crippen LogP contribution >= 0.6 is 0 Å². The van der Waals surface area contributed by atoms with Crippen LogP contribution in [0.1, 0.15) is 13.3 Å². The van der Waals surface area contributed by atoms with E-state index < -0.39 is 6.04 Å². The average molecular weight is 198 g/mol. The van der Waals surface area contributed by atoms with E-state index in [1.165, 1.54) is 0 Å². The summed E-state index contributed by atoms with van der Waals surface area (Å²) in [4.78, 5) is 13.6. The number of carbonyl (C=O) groups is 1. The number of aliphatic hydroxyl groups excluding tert-OH is 1. The maximum absolute atomic E-state index is 11.8. The van der Waals surface area contributed by atoms with Crippen LogP contribution in [-0.2, 0) is 4.79 Å². The highest BCUT2D eigenvalue weighted by atomic mass is 16.3. The molecule has 80 valence electrons. The number of carbonyl (C=O) groups excluding carboxylic acids is 1. The Morgan fingerprint density at radius 2 is 2.50 bits per heavy atom.